The lowest BCUT2D eigenvalue weighted by atomic mass is 9.99. The van der Waals surface area contributed by atoms with Crippen LogP contribution in [0.15, 0.2) is 41.3 Å². The zero-order valence-corrected chi connectivity index (χ0v) is 20.3. The van der Waals surface area contributed by atoms with Crippen LogP contribution in [-0.4, -0.2) is 54.5 Å². The normalized spacial score (nSPS) is 18.0. The van der Waals surface area contributed by atoms with Crippen molar-refractivity contribution in [3.05, 3.63) is 56.7 Å². The molecule has 172 valence electrons. The van der Waals surface area contributed by atoms with Gasteiger partial charge >= 0.3 is 0 Å². The van der Waals surface area contributed by atoms with Crippen LogP contribution in [0, 0.1) is 0 Å². The molecule has 1 amide bonds. The van der Waals surface area contributed by atoms with E-state index in [0.29, 0.717) is 29.5 Å². The lowest BCUT2D eigenvalue weighted by Crippen LogP contribution is -3.11. The van der Waals surface area contributed by atoms with Crippen LogP contribution in [0.3, 0.4) is 0 Å². The van der Waals surface area contributed by atoms with E-state index in [1.54, 1.807) is 23.1 Å². The Bertz CT molecular complexity index is 986. The number of carbonyl (C=O) groups excluding carboxylic acids is 2. The third-order valence-electron chi connectivity index (χ3n) is 5.79. The van der Waals surface area contributed by atoms with Crippen LogP contribution in [0.4, 0.5) is 0 Å². The zero-order chi connectivity index (χ0) is 23.3. The standard InChI is InChI=1S/C24H29ClN2O4S/c1-4-26(5-2)12-8-13-27-21(19-9-7-14-32-19)20(23(29)24(27)30)22(28)16-10-11-18(31-6-3)17(25)15-16/h7,9-11,14-15,21,28H,4-6,8,12-13H2,1-3H3/p+1. The number of hydrogen-bond acceptors (Lipinski definition) is 5. The summed E-state index contributed by atoms with van der Waals surface area (Å²) in [7, 11) is 0. The lowest BCUT2D eigenvalue weighted by molar-refractivity contribution is -0.896. The van der Waals surface area contributed by atoms with Crippen LogP contribution >= 0.6 is 22.9 Å². The molecule has 1 fully saturated rings. The average Bonchev–Trinajstić information content (AvgIpc) is 3.40. The van der Waals surface area contributed by atoms with Crippen molar-refractivity contribution in [2.75, 3.05) is 32.8 Å². The number of halogens is 1. The van der Waals surface area contributed by atoms with Crippen molar-refractivity contribution < 1.29 is 24.3 Å². The fourth-order valence-corrected chi connectivity index (χ4v) is 5.11. The van der Waals surface area contributed by atoms with Crippen molar-refractivity contribution in [2.45, 2.75) is 33.2 Å². The molecule has 1 saturated heterocycles. The Labute approximate surface area is 198 Å². The molecule has 1 aromatic carbocycles. The third kappa shape index (κ3) is 5.00. The molecule has 1 aliphatic rings. The van der Waals surface area contributed by atoms with Gasteiger partial charge in [0.25, 0.3) is 11.7 Å². The predicted octanol–water partition coefficient (Wildman–Crippen LogP) is 3.54. The number of benzene rings is 1. The Kier molecular flexibility index (Phi) is 8.34. The SMILES string of the molecule is CCOc1ccc(C(O)=C2C(=O)C(=O)N(CCC[NH+](CC)CC)C2c2cccs2)cc1Cl. The van der Waals surface area contributed by atoms with E-state index in [4.69, 9.17) is 16.3 Å². The second-order valence-electron chi connectivity index (χ2n) is 7.65. The van der Waals surface area contributed by atoms with Gasteiger partial charge in [-0.3, -0.25) is 9.59 Å². The Balaban J connectivity index is 1.97. The minimum Gasteiger partial charge on any atom is -0.507 e. The molecule has 2 aromatic rings. The van der Waals surface area contributed by atoms with Crippen molar-refractivity contribution in [2.24, 2.45) is 0 Å². The number of aliphatic hydroxyl groups excluding tert-OH is 1. The molecule has 0 bridgehead atoms. The number of hydrogen-bond donors (Lipinski definition) is 2. The molecule has 0 radical (unpaired) electrons. The molecule has 2 N–H and O–H groups in total. The number of rotatable bonds is 10. The highest BCUT2D eigenvalue weighted by Crippen LogP contribution is 2.41. The van der Waals surface area contributed by atoms with Crippen molar-refractivity contribution in [3.8, 4) is 5.75 Å². The maximum absolute atomic E-state index is 13.0. The van der Waals surface area contributed by atoms with E-state index in [-0.39, 0.29) is 11.3 Å². The van der Waals surface area contributed by atoms with Crippen LogP contribution in [0.5, 0.6) is 5.75 Å². The highest BCUT2D eigenvalue weighted by Gasteiger charge is 2.46. The van der Waals surface area contributed by atoms with Gasteiger partial charge in [-0.1, -0.05) is 17.7 Å². The van der Waals surface area contributed by atoms with E-state index in [2.05, 4.69) is 13.8 Å². The molecule has 32 heavy (non-hydrogen) atoms. The minimum absolute atomic E-state index is 0.105. The second kappa shape index (κ2) is 11.0. The fourth-order valence-electron chi connectivity index (χ4n) is 4.03. The number of likely N-dealkylation sites (tertiary alicyclic amines) is 1. The van der Waals surface area contributed by atoms with Crippen molar-refractivity contribution in [1.82, 2.24) is 4.90 Å². The molecule has 2 heterocycles. The van der Waals surface area contributed by atoms with Gasteiger partial charge < -0.3 is 19.6 Å². The van der Waals surface area contributed by atoms with E-state index in [0.717, 1.165) is 30.9 Å². The smallest absolute Gasteiger partial charge is 0.295 e. The summed E-state index contributed by atoms with van der Waals surface area (Å²) in [4.78, 5) is 29.9. The number of Topliss-reactive ketones (excluding diaryl/α,β-unsaturated/α-hetero) is 1. The van der Waals surface area contributed by atoms with Crippen LogP contribution in [-0.2, 0) is 9.59 Å². The molecule has 1 unspecified atom stereocenters. The maximum atomic E-state index is 13.0. The molecule has 1 aliphatic heterocycles. The minimum atomic E-state index is -0.666. The van der Waals surface area contributed by atoms with Crippen molar-refractivity contribution in [3.63, 3.8) is 0 Å². The molecule has 3 rings (SSSR count). The van der Waals surface area contributed by atoms with Gasteiger partial charge in [-0.05, 0) is 50.4 Å². The largest absolute Gasteiger partial charge is 0.507 e. The second-order valence-corrected chi connectivity index (χ2v) is 9.03. The monoisotopic (exact) mass is 477 g/mol. The highest BCUT2D eigenvalue weighted by atomic mass is 35.5. The number of ether oxygens (including phenoxy) is 1. The summed E-state index contributed by atoms with van der Waals surface area (Å²) in [5.41, 5.74) is 0.485. The number of aliphatic hydroxyl groups is 1. The van der Waals surface area contributed by atoms with Crippen molar-refractivity contribution in [1.29, 1.82) is 0 Å². The Morgan fingerprint density at radius 1 is 1.22 bits per heavy atom. The van der Waals surface area contributed by atoms with E-state index >= 15 is 0 Å². The number of quaternary nitrogens is 1. The molecular weight excluding hydrogens is 448 g/mol. The summed E-state index contributed by atoms with van der Waals surface area (Å²) in [5, 5.41) is 13.4. The Hall–Kier alpha value is -2.35. The van der Waals surface area contributed by atoms with Gasteiger partial charge in [0.1, 0.15) is 11.5 Å². The van der Waals surface area contributed by atoms with Gasteiger partial charge in [-0.15, -0.1) is 11.3 Å². The van der Waals surface area contributed by atoms with E-state index < -0.39 is 17.7 Å². The number of ketones is 1. The quantitative estimate of drug-likeness (QED) is 0.312. The summed E-state index contributed by atoms with van der Waals surface area (Å²) in [6.07, 6.45) is 0.779. The van der Waals surface area contributed by atoms with Crippen LogP contribution in [0.25, 0.3) is 5.76 Å². The number of thiophene rings is 1. The molecule has 0 saturated carbocycles. The van der Waals surface area contributed by atoms with Crippen LogP contribution in [0.1, 0.15) is 43.7 Å². The number of carbonyl (C=O) groups is 2. The molecule has 0 spiro atoms. The molecule has 6 nitrogen and oxygen atoms in total. The van der Waals surface area contributed by atoms with Gasteiger partial charge in [0.2, 0.25) is 0 Å². The van der Waals surface area contributed by atoms with Crippen molar-refractivity contribution >= 4 is 40.4 Å². The van der Waals surface area contributed by atoms with Gasteiger partial charge in [0.05, 0.1) is 42.9 Å². The summed E-state index contributed by atoms with van der Waals surface area (Å²) in [6.45, 7) is 10.00. The number of nitrogens with one attached hydrogen (secondary N) is 1. The summed E-state index contributed by atoms with van der Waals surface area (Å²) < 4.78 is 5.45. The number of amides is 1. The van der Waals surface area contributed by atoms with Gasteiger partial charge in [0, 0.05) is 23.4 Å². The first-order chi connectivity index (χ1) is 15.4. The Morgan fingerprint density at radius 2 is 1.97 bits per heavy atom. The first kappa shape index (κ1) is 24.3. The van der Waals surface area contributed by atoms with Gasteiger partial charge in [-0.2, -0.15) is 0 Å². The summed E-state index contributed by atoms with van der Waals surface area (Å²) in [5.74, 6) is -0.957. The Morgan fingerprint density at radius 3 is 2.56 bits per heavy atom. The maximum Gasteiger partial charge on any atom is 0.295 e. The van der Waals surface area contributed by atoms with Gasteiger partial charge in [-0.25, -0.2) is 0 Å². The van der Waals surface area contributed by atoms with Gasteiger partial charge in [0.15, 0.2) is 0 Å². The van der Waals surface area contributed by atoms with Crippen LogP contribution < -0.4 is 9.64 Å². The molecule has 0 aliphatic carbocycles. The zero-order valence-electron chi connectivity index (χ0n) is 18.7. The average molecular weight is 478 g/mol. The first-order valence-electron chi connectivity index (χ1n) is 11.0. The third-order valence-corrected chi connectivity index (χ3v) is 7.01. The highest BCUT2D eigenvalue weighted by molar-refractivity contribution is 7.10. The summed E-state index contributed by atoms with van der Waals surface area (Å²) >= 11 is 7.76. The topological polar surface area (TPSA) is 71.3 Å². The molecule has 8 heteroatoms. The van der Waals surface area contributed by atoms with E-state index in [1.807, 2.05) is 24.4 Å². The predicted molar refractivity (Wildman–Crippen MR) is 127 cm³/mol. The number of nitrogens with zero attached hydrogens (tertiary/aromatic N) is 1. The fraction of sp³-hybridized carbons (Fsp3) is 0.417. The molecule has 1 aromatic heterocycles. The van der Waals surface area contributed by atoms with Crippen LogP contribution in [0.2, 0.25) is 5.02 Å². The first-order valence-corrected chi connectivity index (χ1v) is 12.3. The summed E-state index contributed by atoms with van der Waals surface area (Å²) in [6, 6.07) is 8.03. The van der Waals surface area contributed by atoms with E-state index in [9.17, 15) is 14.7 Å². The lowest BCUT2D eigenvalue weighted by Gasteiger charge is -2.25. The molecule has 1 atom stereocenters. The molecular formula is C24H30ClN2O4S+. The van der Waals surface area contributed by atoms with E-state index in [1.165, 1.54) is 16.2 Å².